The van der Waals surface area contributed by atoms with Gasteiger partial charge in [0.25, 0.3) is 8.32 Å². The number of nitrogens with zero attached hydrogens (tertiary/aromatic N) is 3. The molecule has 1 aromatic carbocycles. The number of benzene rings is 1. The van der Waals surface area contributed by atoms with E-state index < -0.39 is 14.1 Å². The first-order valence-electron chi connectivity index (χ1n) is 11.2. The maximum atomic E-state index is 15.3. The topological polar surface area (TPSA) is 69.4 Å². The van der Waals surface area contributed by atoms with Gasteiger partial charge in [-0.2, -0.15) is 5.10 Å². The van der Waals surface area contributed by atoms with Gasteiger partial charge >= 0.3 is 0 Å². The van der Waals surface area contributed by atoms with Crippen molar-refractivity contribution >= 4 is 19.2 Å². The van der Waals surface area contributed by atoms with Crippen molar-refractivity contribution in [1.82, 2.24) is 14.8 Å². The SMILES string of the molecule is CC(C)(C)[Si](C)(C)Oc1cc2c(-c3cccc(CO)n3)nn(C3CCCCO3)c2cc1F. The predicted molar refractivity (Wildman–Crippen MR) is 126 cm³/mol. The van der Waals surface area contributed by atoms with E-state index in [-0.39, 0.29) is 23.6 Å². The maximum absolute atomic E-state index is 15.3. The number of aliphatic hydroxyl groups is 1. The standard InChI is InChI=1S/C24H32FN3O3Si/c1-24(2,3)32(4,5)31-21-13-17-20(14-18(21)25)28(22-11-6-7-12-30-22)27-23(17)19-10-8-9-16(15-29)26-19/h8-10,13-14,22,29H,6-7,11-12,15H2,1-5H3. The molecule has 1 saturated heterocycles. The summed E-state index contributed by atoms with van der Waals surface area (Å²) in [7, 11) is -2.24. The zero-order valence-corrected chi connectivity index (χ0v) is 20.5. The van der Waals surface area contributed by atoms with Gasteiger partial charge in [0.05, 0.1) is 23.5 Å². The van der Waals surface area contributed by atoms with Gasteiger partial charge < -0.3 is 14.3 Å². The number of halogens is 1. The molecule has 2 aromatic heterocycles. The first-order chi connectivity index (χ1) is 15.1. The summed E-state index contributed by atoms with van der Waals surface area (Å²) in [6.07, 6.45) is 2.63. The van der Waals surface area contributed by atoms with Crippen molar-refractivity contribution in [2.24, 2.45) is 0 Å². The molecule has 172 valence electrons. The van der Waals surface area contributed by atoms with Crippen LogP contribution in [-0.4, -0.2) is 34.8 Å². The molecule has 6 nitrogen and oxygen atoms in total. The molecular formula is C24H32FN3O3Si. The quantitative estimate of drug-likeness (QED) is 0.490. The fourth-order valence-corrected chi connectivity index (χ4v) is 4.68. The van der Waals surface area contributed by atoms with E-state index in [1.54, 1.807) is 16.8 Å². The summed E-state index contributed by atoms with van der Waals surface area (Å²) in [6, 6.07) is 8.71. The van der Waals surface area contributed by atoms with E-state index in [1.165, 1.54) is 6.07 Å². The molecule has 1 unspecified atom stereocenters. The maximum Gasteiger partial charge on any atom is 0.250 e. The molecule has 32 heavy (non-hydrogen) atoms. The van der Waals surface area contributed by atoms with Gasteiger partial charge in [0.15, 0.2) is 12.0 Å². The van der Waals surface area contributed by atoms with Crippen molar-refractivity contribution in [3.05, 3.63) is 41.8 Å². The lowest BCUT2D eigenvalue weighted by Crippen LogP contribution is -2.44. The molecule has 1 aliphatic rings. The van der Waals surface area contributed by atoms with Crippen LogP contribution in [0, 0.1) is 5.82 Å². The average molecular weight is 458 g/mol. The van der Waals surface area contributed by atoms with Gasteiger partial charge in [-0.1, -0.05) is 26.8 Å². The summed E-state index contributed by atoms with van der Waals surface area (Å²) in [5.41, 5.74) is 2.47. The Hall–Kier alpha value is -2.29. The van der Waals surface area contributed by atoms with Crippen LogP contribution in [0.5, 0.6) is 5.75 Å². The van der Waals surface area contributed by atoms with Crippen LogP contribution < -0.4 is 4.43 Å². The summed E-state index contributed by atoms with van der Waals surface area (Å²) in [5, 5.41) is 15.1. The summed E-state index contributed by atoms with van der Waals surface area (Å²) < 4.78 is 29.3. The lowest BCUT2D eigenvalue weighted by molar-refractivity contribution is -0.0365. The summed E-state index contributed by atoms with van der Waals surface area (Å²) in [5.74, 6) is -0.157. The van der Waals surface area contributed by atoms with Gasteiger partial charge in [-0.25, -0.2) is 14.1 Å². The molecule has 0 bridgehead atoms. The van der Waals surface area contributed by atoms with Gasteiger partial charge in [0, 0.05) is 18.1 Å². The Morgan fingerprint density at radius 2 is 2.03 bits per heavy atom. The number of ether oxygens (including phenoxy) is 1. The number of hydrogen-bond donors (Lipinski definition) is 1. The number of pyridine rings is 1. The Kier molecular flexibility index (Phi) is 6.13. The third kappa shape index (κ3) is 4.31. The van der Waals surface area contributed by atoms with Crippen LogP contribution in [0.2, 0.25) is 18.1 Å². The third-order valence-corrected chi connectivity index (χ3v) is 10.9. The second-order valence-corrected chi connectivity index (χ2v) is 14.7. The highest BCUT2D eigenvalue weighted by Gasteiger charge is 2.39. The van der Waals surface area contributed by atoms with E-state index in [4.69, 9.17) is 14.3 Å². The average Bonchev–Trinajstić information content (AvgIpc) is 3.12. The van der Waals surface area contributed by atoms with Gasteiger partial charge in [0.2, 0.25) is 0 Å². The Bertz CT molecular complexity index is 1120. The van der Waals surface area contributed by atoms with Crippen LogP contribution in [0.3, 0.4) is 0 Å². The van der Waals surface area contributed by atoms with E-state index >= 15 is 4.39 Å². The molecular weight excluding hydrogens is 425 g/mol. The van der Waals surface area contributed by atoms with Crippen LogP contribution >= 0.6 is 0 Å². The highest BCUT2D eigenvalue weighted by Crippen LogP contribution is 2.40. The van der Waals surface area contributed by atoms with Crippen molar-refractivity contribution in [2.75, 3.05) is 6.61 Å². The van der Waals surface area contributed by atoms with Crippen molar-refractivity contribution in [1.29, 1.82) is 0 Å². The Morgan fingerprint density at radius 3 is 2.69 bits per heavy atom. The number of rotatable bonds is 5. The fraction of sp³-hybridized carbons (Fsp3) is 0.500. The Labute approximate surface area is 189 Å². The van der Waals surface area contributed by atoms with Crippen molar-refractivity contribution in [3.63, 3.8) is 0 Å². The zero-order chi connectivity index (χ0) is 23.1. The van der Waals surface area contributed by atoms with Crippen LogP contribution in [0.25, 0.3) is 22.3 Å². The lowest BCUT2D eigenvalue weighted by Gasteiger charge is -2.36. The van der Waals surface area contributed by atoms with Gasteiger partial charge in [-0.3, -0.25) is 0 Å². The molecule has 1 fully saturated rings. The molecule has 8 heteroatoms. The van der Waals surface area contributed by atoms with E-state index in [1.807, 2.05) is 12.1 Å². The third-order valence-electron chi connectivity index (χ3n) is 6.57. The monoisotopic (exact) mass is 457 g/mol. The molecule has 1 atom stereocenters. The molecule has 0 saturated carbocycles. The number of aromatic nitrogens is 3. The molecule has 0 amide bonds. The van der Waals surface area contributed by atoms with E-state index in [0.717, 1.165) is 24.6 Å². The summed E-state index contributed by atoms with van der Waals surface area (Å²) in [4.78, 5) is 4.54. The molecule has 4 rings (SSSR count). The van der Waals surface area contributed by atoms with Crippen molar-refractivity contribution < 1.29 is 18.7 Å². The van der Waals surface area contributed by atoms with E-state index in [2.05, 4.69) is 38.8 Å². The van der Waals surface area contributed by atoms with Gasteiger partial charge in [-0.15, -0.1) is 0 Å². The molecule has 3 aromatic rings. The highest BCUT2D eigenvalue weighted by molar-refractivity contribution is 6.74. The molecule has 0 radical (unpaired) electrons. The van der Waals surface area contributed by atoms with Crippen LogP contribution in [0.15, 0.2) is 30.3 Å². The van der Waals surface area contributed by atoms with E-state index in [9.17, 15) is 5.11 Å². The molecule has 0 spiro atoms. The minimum atomic E-state index is -2.24. The normalized spacial score (nSPS) is 17.7. The first kappa shape index (κ1) is 22.9. The Morgan fingerprint density at radius 1 is 1.25 bits per heavy atom. The largest absolute Gasteiger partial charge is 0.542 e. The minimum absolute atomic E-state index is 0.0612. The fourth-order valence-electron chi connectivity index (χ4n) is 3.67. The van der Waals surface area contributed by atoms with Crippen LogP contribution in [0.1, 0.15) is 52.0 Å². The molecule has 0 aliphatic carbocycles. The zero-order valence-electron chi connectivity index (χ0n) is 19.5. The summed E-state index contributed by atoms with van der Waals surface area (Å²) in [6.45, 7) is 11.1. The molecule has 3 heterocycles. The lowest BCUT2D eigenvalue weighted by atomic mass is 10.1. The first-order valence-corrected chi connectivity index (χ1v) is 14.1. The van der Waals surface area contributed by atoms with Crippen molar-refractivity contribution in [3.8, 4) is 17.1 Å². The van der Waals surface area contributed by atoms with Crippen LogP contribution in [-0.2, 0) is 11.3 Å². The molecule has 1 N–H and O–H groups in total. The number of fused-ring (bicyclic) bond motifs is 1. The minimum Gasteiger partial charge on any atom is -0.542 e. The summed E-state index contributed by atoms with van der Waals surface area (Å²) >= 11 is 0. The number of aliphatic hydroxyl groups excluding tert-OH is 1. The second-order valence-electron chi connectivity index (χ2n) is 9.95. The number of hydrogen-bond acceptors (Lipinski definition) is 5. The Balaban J connectivity index is 1.89. The highest BCUT2D eigenvalue weighted by atomic mass is 28.4. The van der Waals surface area contributed by atoms with Crippen molar-refractivity contribution in [2.45, 2.75) is 71.0 Å². The van der Waals surface area contributed by atoms with Gasteiger partial charge in [-0.05, 0) is 55.6 Å². The second kappa shape index (κ2) is 8.57. The van der Waals surface area contributed by atoms with Gasteiger partial charge in [0.1, 0.15) is 11.4 Å². The van der Waals surface area contributed by atoms with Crippen LogP contribution in [0.4, 0.5) is 4.39 Å². The van der Waals surface area contributed by atoms with E-state index in [0.29, 0.717) is 29.2 Å². The predicted octanol–water partition coefficient (Wildman–Crippen LogP) is 5.81. The smallest absolute Gasteiger partial charge is 0.250 e. The molecule has 1 aliphatic heterocycles.